The van der Waals surface area contributed by atoms with Crippen molar-refractivity contribution in [3.05, 3.63) is 34.9 Å². The molecule has 1 nitrogen and oxygen atoms in total. The number of rotatable bonds is 2. The third-order valence-electron chi connectivity index (χ3n) is 3.18. The first-order chi connectivity index (χ1) is 8.01. The molecular weight excluding hydrogens is 239 g/mol. The van der Waals surface area contributed by atoms with Crippen molar-refractivity contribution in [2.75, 3.05) is 6.66 Å². The minimum atomic E-state index is -0.878. The normalized spacial score (nSPS) is 14.7. The lowest BCUT2D eigenvalue weighted by Crippen LogP contribution is -2.18. The van der Waals surface area contributed by atoms with Gasteiger partial charge in [-0.05, 0) is 34.2 Å². The topological polar surface area (TPSA) is 20.2 Å². The molecule has 102 valence electrons. The fourth-order valence-electron chi connectivity index (χ4n) is 2.13. The van der Waals surface area contributed by atoms with E-state index in [1.165, 1.54) is 16.7 Å². The summed E-state index contributed by atoms with van der Waals surface area (Å²) in [6, 6.07) is 6.74. The van der Waals surface area contributed by atoms with Crippen molar-refractivity contribution >= 4 is 8.15 Å². The fraction of sp³-hybridized carbons (Fsp3) is 0.625. The number of hydrogen-bond acceptors (Lipinski definition) is 1. The van der Waals surface area contributed by atoms with E-state index in [0.29, 0.717) is 0 Å². The van der Waals surface area contributed by atoms with Crippen molar-refractivity contribution in [3.63, 3.8) is 0 Å². The van der Waals surface area contributed by atoms with Gasteiger partial charge in [0.2, 0.25) is 0 Å². The van der Waals surface area contributed by atoms with Gasteiger partial charge in [-0.2, -0.15) is 0 Å². The van der Waals surface area contributed by atoms with Gasteiger partial charge >= 0.3 is 0 Å². The monoisotopic (exact) mass is 266 g/mol. The molecule has 0 spiro atoms. The first-order valence-electron chi connectivity index (χ1n) is 6.56. The Morgan fingerprint density at radius 3 is 1.94 bits per heavy atom. The van der Waals surface area contributed by atoms with Gasteiger partial charge in [0.1, 0.15) is 0 Å². The van der Waals surface area contributed by atoms with Crippen LogP contribution in [0.15, 0.2) is 18.2 Å². The smallest absolute Gasteiger partial charge is 0.0264 e. The second-order valence-electron chi connectivity index (χ2n) is 7.19. The van der Waals surface area contributed by atoms with Crippen LogP contribution >= 0.6 is 8.15 Å². The van der Waals surface area contributed by atoms with Gasteiger partial charge in [-0.15, -0.1) is 0 Å². The van der Waals surface area contributed by atoms with E-state index in [1.54, 1.807) is 0 Å². The quantitative estimate of drug-likeness (QED) is 0.762. The van der Waals surface area contributed by atoms with E-state index >= 15 is 0 Å². The molecule has 1 aromatic carbocycles. The molecule has 1 rings (SSSR count). The standard InChI is InChI=1S/C16H27OP/c1-15(2,3)13-9-8-12(11-18(7)17)14(10-13)16(4,5)6/h8-10,17H,11H2,1-7H3. The van der Waals surface area contributed by atoms with Crippen molar-refractivity contribution in [1.29, 1.82) is 0 Å². The van der Waals surface area contributed by atoms with Crippen LogP contribution in [-0.4, -0.2) is 11.6 Å². The molecule has 1 atom stereocenters. The average Bonchev–Trinajstić information content (AvgIpc) is 2.13. The average molecular weight is 266 g/mol. The van der Waals surface area contributed by atoms with Crippen LogP contribution in [0.25, 0.3) is 0 Å². The van der Waals surface area contributed by atoms with Gasteiger partial charge in [-0.1, -0.05) is 59.7 Å². The van der Waals surface area contributed by atoms with Crippen LogP contribution in [0.4, 0.5) is 0 Å². The van der Waals surface area contributed by atoms with Gasteiger partial charge in [0.25, 0.3) is 0 Å². The lowest BCUT2D eigenvalue weighted by atomic mass is 9.79. The summed E-state index contributed by atoms with van der Waals surface area (Å²) in [5.74, 6) is 0. The molecule has 2 heteroatoms. The lowest BCUT2D eigenvalue weighted by molar-refractivity contribution is 0.564. The van der Waals surface area contributed by atoms with Gasteiger partial charge in [0.05, 0.1) is 0 Å². The summed E-state index contributed by atoms with van der Waals surface area (Å²) >= 11 is 0. The summed E-state index contributed by atoms with van der Waals surface area (Å²) in [7, 11) is -0.878. The van der Waals surface area contributed by atoms with Gasteiger partial charge in [0.15, 0.2) is 0 Å². The Morgan fingerprint density at radius 2 is 1.56 bits per heavy atom. The predicted molar refractivity (Wildman–Crippen MR) is 82.6 cm³/mol. The SMILES string of the molecule is CP(O)Cc1ccc(C(C)(C)C)cc1C(C)(C)C. The van der Waals surface area contributed by atoms with E-state index in [1.807, 2.05) is 6.66 Å². The van der Waals surface area contributed by atoms with Crippen molar-refractivity contribution in [2.24, 2.45) is 0 Å². The van der Waals surface area contributed by atoms with Crippen LogP contribution in [0.3, 0.4) is 0 Å². The first-order valence-corrected chi connectivity index (χ1v) is 8.48. The Kier molecular flexibility index (Phi) is 4.62. The molecule has 0 heterocycles. The molecule has 0 aliphatic carbocycles. The zero-order valence-electron chi connectivity index (χ0n) is 12.8. The summed E-state index contributed by atoms with van der Waals surface area (Å²) in [5, 5.41) is 0. The van der Waals surface area contributed by atoms with Gasteiger partial charge in [-0.3, -0.25) is 0 Å². The third-order valence-corrected chi connectivity index (χ3v) is 3.98. The van der Waals surface area contributed by atoms with Gasteiger partial charge in [-0.25, -0.2) is 0 Å². The summed E-state index contributed by atoms with van der Waals surface area (Å²) in [4.78, 5) is 9.69. The highest BCUT2D eigenvalue weighted by Crippen LogP contribution is 2.37. The summed E-state index contributed by atoms with van der Waals surface area (Å²) in [6.07, 6.45) is 0.798. The van der Waals surface area contributed by atoms with Crippen LogP contribution in [0.2, 0.25) is 0 Å². The van der Waals surface area contributed by atoms with E-state index < -0.39 is 8.15 Å². The maximum Gasteiger partial charge on any atom is 0.0264 e. The Balaban J connectivity index is 3.30. The van der Waals surface area contributed by atoms with Crippen molar-refractivity contribution in [3.8, 4) is 0 Å². The van der Waals surface area contributed by atoms with E-state index in [-0.39, 0.29) is 10.8 Å². The van der Waals surface area contributed by atoms with Crippen LogP contribution in [0.5, 0.6) is 0 Å². The molecule has 0 aliphatic heterocycles. The second kappa shape index (κ2) is 5.31. The highest BCUT2D eigenvalue weighted by Gasteiger charge is 2.22. The van der Waals surface area contributed by atoms with Crippen LogP contribution in [0, 0.1) is 0 Å². The van der Waals surface area contributed by atoms with Crippen molar-refractivity contribution in [2.45, 2.75) is 58.5 Å². The van der Waals surface area contributed by atoms with Crippen molar-refractivity contribution < 1.29 is 4.89 Å². The Hall–Kier alpha value is -0.390. The van der Waals surface area contributed by atoms with Gasteiger partial charge < -0.3 is 4.89 Å². The number of hydrogen-bond donors (Lipinski definition) is 1. The van der Waals surface area contributed by atoms with E-state index in [9.17, 15) is 4.89 Å². The van der Waals surface area contributed by atoms with E-state index in [0.717, 1.165) is 6.16 Å². The Labute approximate surface area is 113 Å². The first kappa shape index (κ1) is 15.7. The summed E-state index contributed by atoms with van der Waals surface area (Å²) in [5.41, 5.74) is 4.34. The molecule has 0 radical (unpaired) electrons. The molecule has 0 bridgehead atoms. The van der Waals surface area contributed by atoms with Crippen LogP contribution in [0.1, 0.15) is 58.2 Å². The molecule has 0 aliphatic rings. The minimum Gasteiger partial charge on any atom is -0.374 e. The lowest BCUT2D eigenvalue weighted by Gasteiger charge is -2.28. The summed E-state index contributed by atoms with van der Waals surface area (Å²) in [6.45, 7) is 15.4. The molecule has 1 unspecified atom stereocenters. The Bertz CT molecular complexity index is 408. The molecular formula is C16H27OP. The van der Waals surface area contributed by atoms with Gasteiger partial charge in [0, 0.05) is 14.3 Å². The zero-order chi connectivity index (χ0) is 14.1. The molecule has 1 aromatic rings. The molecule has 18 heavy (non-hydrogen) atoms. The minimum absolute atomic E-state index is 0.127. The molecule has 1 N–H and O–H groups in total. The molecule has 0 saturated carbocycles. The highest BCUT2D eigenvalue weighted by atomic mass is 31.1. The molecule has 0 saturated heterocycles. The fourth-order valence-corrected chi connectivity index (χ4v) is 2.89. The largest absolute Gasteiger partial charge is 0.374 e. The molecule has 0 amide bonds. The highest BCUT2D eigenvalue weighted by molar-refractivity contribution is 7.49. The zero-order valence-corrected chi connectivity index (χ0v) is 13.7. The predicted octanol–water partition coefficient (Wildman–Crippen LogP) is 4.80. The van der Waals surface area contributed by atoms with Crippen LogP contribution < -0.4 is 0 Å². The second-order valence-corrected chi connectivity index (χ2v) is 8.82. The van der Waals surface area contributed by atoms with E-state index in [4.69, 9.17) is 0 Å². The van der Waals surface area contributed by atoms with Crippen LogP contribution in [-0.2, 0) is 17.0 Å². The Morgan fingerprint density at radius 1 is 1.00 bits per heavy atom. The van der Waals surface area contributed by atoms with Crippen molar-refractivity contribution in [1.82, 2.24) is 0 Å². The molecule has 0 aromatic heterocycles. The third kappa shape index (κ3) is 4.07. The van der Waals surface area contributed by atoms with E-state index in [2.05, 4.69) is 59.7 Å². The maximum absolute atomic E-state index is 9.69. The number of benzene rings is 1. The summed E-state index contributed by atoms with van der Waals surface area (Å²) < 4.78 is 0. The maximum atomic E-state index is 9.69. The molecule has 0 fully saturated rings.